The van der Waals surface area contributed by atoms with Crippen molar-refractivity contribution >= 4 is 29.1 Å². The number of amides is 3. The maximum atomic E-state index is 14.0. The predicted molar refractivity (Wildman–Crippen MR) is 116 cm³/mol. The van der Waals surface area contributed by atoms with Crippen molar-refractivity contribution in [2.24, 2.45) is 5.92 Å². The van der Waals surface area contributed by atoms with E-state index in [1.54, 1.807) is 23.1 Å². The van der Waals surface area contributed by atoms with Gasteiger partial charge in [0.2, 0.25) is 5.91 Å². The first-order chi connectivity index (χ1) is 15.0. The number of nitrogens with zero attached hydrogens (tertiary/aromatic N) is 2. The Morgan fingerprint density at radius 3 is 2.32 bits per heavy atom. The Hall–Kier alpha value is -2.74. The van der Waals surface area contributed by atoms with Crippen molar-refractivity contribution in [1.29, 1.82) is 0 Å². The average Bonchev–Trinajstić information content (AvgIpc) is 3.51. The Morgan fingerprint density at radius 2 is 1.68 bits per heavy atom. The second kappa shape index (κ2) is 9.60. The molecule has 3 amide bonds. The highest BCUT2D eigenvalue weighted by atomic mass is 32.1. The fourth-order valence-electron chi connectivity index (χ4n) is 4.38. The van der Waals surface area contributed by atoms with E-state index in [0.717, 1.165) is 25.9 Å². The van der Waals surface area contributed by atoms with Gasteiger partial charge in [-0.2, -0.15) is 0 Å². The Bertz CT molecular complexity index is 935. The predicted octanol–water partition coefficient (Wildman–Crippen LogP) is 3.16. The molecule has 1 aromatic carbocycles. The van der Waals surface area contributed by atoms with E-state index in [9.17, 15) is 18.8 Å². The highest BCUT2D eigenvalue weighted by Gasteiger charge is 2.37. The van der Waals surface area contributed by atoms with Crippen molar-refractivity contribution in [2.45, 2.75) is 31.7 Å². The molecule has 2 fully saturated rings. The SMILES string of the molecule is O=C(N[C@@H](C(=O)N1CCCC1)C1CCN(C(=O)c2ccccc2F)CC1)c1cccs1. The maximum Gasteiger partial charge on any atom is 0.262 e. The van der Waals surface area contributed by atoms with Crippen molar-refractivity contribution in [3.05, 3.63) is 58.0 Å². The van der Waals surface area contributed by atoms with E-state index < -0.39 is 11.9 Å². The zero-order valence-electron chi connectivity index (χ0n) is 17.3. The fraction of sp³-hybridized carbons (Fsp3) is 0.435. The van der Waals surface area contributed by atoms with Crippen LogP contribution < -0.4 is 5.32 Å². The summed E-state index contributed by atoms with van der Waals surface area (Å²) >= 11 is 1.34. The van der Waals surface area contributed by atoms with Gasteiger partial charge < -0.3 is 15.1 Å². The Kier molecular flexibility index (Phi) is 6.65. The molecule has 0 aliphatic carbocycles. The summed E-state index contributed by atoms with van der Waals surface area (Å²) in [5.74, 6) is -1.21. The summed E-state index contributed by atoms with van der Waals surface area (Å²) in [4.78, 5) is 42.7. The third-order valence-corrected chi connectivity index (χ3v) is 6.99. The van der Waals surface area contributed by atoms with Crippen molar-refractivity contribution in [2.75, 3.05) is 26.2 Å². The maximum absolute atomic E-state index is 14.0. The van der Waals surface area contributed by atoms with Crippen molar-refractivity contribution in [1.82, 2.24) is 15.1 Å². The van der Waals surface area contributed by atoms with Gasteiger partial charge in [0.1, 0.15) is 11.9 Å². The Balaban J connectivity index is 1.45. The zero-order chi connectivity index (χ0) is 21.8. The number of carbonyl (C=O) groups is 3. The van der Waals surface area contributed by atoms with Crippen LogP contribution in [0.5, 0.6) is 0 Å². The molecule has 1 atom stereocenters. The summed E-state index contributed by atoms with van der Waals surface area (Å²) < 4.78 is 14.0. The standard InChI is InChI=1S/C23H26FN3O3S/c24-18-7-2-1-6-17(18)22(29)27-13-9-16(10-14-27)20(23(30)26-11-3-4-12-26)25-21(28)19-8-5-15-31-19/h1-2,5-8,15-16,20H,3-4,9-14H2,(H,25,28)/t20-/m1/s1. The van der Waals surface area contributed by atoms with Gasteiger partial charge in [0.15, 0.2) is 0 Å². The van der Waals surface area contributed by atoms with Gasteiger partial charge in [0.05, 0.1) is 10.4 Å². The number of hydrogen-bond acceptors (Lipinski definition) is 4. The smallest absolute Gasteiger partial charge is 0.262 e. The molecule has 1 N–H and O–H groups in total. The Morgan fingerprint density at radius 1 is 0.968 bits per heavy atom. The normalized spacial score (nSPS) is 18.1. The molecule has 2 aromatic rings. The van der Waals surface area contributed by atoms with Gasteiger partial charge in [-0.15, -0.1) is 11.3 Å². The summed E-state index contributed by atoms with van der Waals surface area (Å²) in [7, 11) is 0. The minimum atomic E-state index is -0.613. The van der Waals surface area contributed by atoms with E-state index in [0.29, 0.717) is 30.8 Å². The number of piperidine rings is 1. The molecule has 2 aliphatic rings. The first-order valence-corrected chi connectivity index (χ1v) is 11.6. The first kappa shape index (κ1) is 21.5. The van der Waals surface area contributed by atoms with Gasteiger partial charge in [-0.1, -0.05) is 18.2 Å². The molecule has 3 heterocycles. The lowest BCUT2D eigenvalue weighted by Gasteiger charge is -2.37. The van der Waals surface area contributed by atoms with E-state index in [4.69, 9.17) is 0 Å². The molecular weight excluding hydrogens is 417 g/mol. The minimum absolute atomic E-state index is 0.0405. The van der Waals surface area contributed by atoms with E-state index in [1.165, 1.54) is 23.5 Å². The van der Waals surface area contributed by atoms with Gasteiger partial charge in [-0.3, -0.25) is 14.4 Å². The molecular formula is C23H26FN3O3S. The number of nitrogens with one attached hydrogen (secondary N) is 1. The van der Waals surface area contributed by atoms with Crippen LogP contribution in [0.25, 0.3) is 0 Å². The molecule has 164 valence electrons. The van der Waals surface area contributed by atoms with E-state index in [2.05, 4.69) is 5.32 Å². The number of carbonyl (C=O) groups excluding carboxylic acids is 3. The lowest BCUT2D eigenvalue weighted by atomic mass is 9.88. The van der Waals surface area contributed by atoms with E-state index in [-0.39, 0.29) is 29.2 Å². The van der Waals surface area contributed by atoms with Crippen LogP contribution in [0, 0.1) is 11.7 Å². The minimum Gasteiger partial charge on any atom is -0.341 e. The summed E-state index contributed by atoms with van der Waals surface area (Å²) in [6.07, 6.45) is 3.12. The van der Waals surface area contributed by atoms with Crippen LogP contribution in [0.1, 0.15) is 45.7 Å². The molecule has 1 aromatic heterocycles. The van der Waals surface area contributed by atoms with Gasteiger partial charge in [0.25, 0.3) is 11.8 Å². The monoisotopic (exact) mass is 443 g/mol. The zero-order valence-corrected chi connectivity index (χ0v) is 18.1. The summed E-state index contributed by atoms with van der Waals surface area (Å²) in [6.45, 7) is 2.29. The number of halogens is 1. The lowest BCUT2D eigenvalue weighted by Crippen LogP contribution is -2.54. The van der Waals surface area contributed by atoms with Crippen LogP contribution in [0.15, 0.2) is 41.8 Å². The molecule has 0 bridgehead atoms. The molecule has 0 saturated carbocycles. The summed E-state index contributed by atoms with van der Waals surface area (Å²) in [5, 5.41) is 4.80. The molecule has 0 spiro atoms. The third kappa shape index (κ3) is 4.79. The second-order valence-electron chi connectivity index (χ2n) is 8.07. The molecule has 0 radical (unpaired) electrons. The largest absolute Gasteiger partial charge is 0.341 e. The van der Waals surface area contributed by atoms with Crippen LogP contribution in [-0.4, -0.2) is 59.7 Å². The second-order valence-corrected chi connectivity index (χ2v) is 9.02. The molecule has 31 heavy (non-hydrogen) atoms. The van der Waals surface area contributed by atoms with Crippen molar-refractivity contribution in [3.8, 4) is 0 Å². The number of benzene rings is 1. The lowest BCUT2D eigenvalue weighted by molar-refractivity contribution is -0.134. The van der Waals surface area contributed by atoms with E-state index >= 15 is 0 Å². The van der Waals surface area contributed by atoms with Gasteiger partial charge in [0, 0.05) is 26.2 Å². The van der Waals surface area contributed by atoms with Crippen LogP contribution in [0.2, 0.25) is 0 Å². The summed E-state index contributed by atoms with van der Waals surface area (Å²) in [5.41, 5.74) is 0.0663. The van der Waals surface area contributed by atoms with Gasteiger partial charge in [-0.25, -0.2) is 4.39 Å². The molecule has 8 heteroatoms. The number of likely N-dealkylation sites (tertiary alicyclic amines) is 2. The first-order valence-electron chi connectivity index (χ1n) is 10.7. The number of hydrogen-bond donors (Lipinski definition) is 1. The highest BCUT2D eigenvalue weighted by molar-refractivity contribution is 7.12. The molecule has 2 aliphatic heterocycles. The number of thiophene rings is 1. The summed E-state index contributed by atoms with van der Waals surface area (Å²) in [6, 6.07) is 8.92. The van der Waals surface area contributed by atoms with E-state index in [1.807, 2.05) is 16.3 Å². The van der Waals surface area contributed by atoms with Crippen LogP contribution in [0.4, 0.5) is 4.39 Å². The van der Waals surface area contributed by atoms with Crippen molar-refractivity contribution < 1.29 is 18.8 Å². The van der Waals surface area contributed by atoms with Crippen molar-refractivity contribution in [3.63, 3.8) is 0 Å². The highest BCUT2D eigenvalue weighted by Crippen LogP contribution is 2.25. The molecule has 2 saturated heterocycles. The Labute approximate surface area is 185 Å². The molecule has 0 unspecified atom stereocenters. The van der Waals surface area contributed by atoms with Crippen LogP contribution in [-0.2, 0) is 4.79 Å². The van der Waals surface area contributed by atoms with Crippen LogP contribution in [0.3, 0.4) is 0 Å². The molecule has 4 rings (SSSR count). The topological polar surface area (TPSA) is 69.7 Å². The molecule has 6 nitrogen and oxygen atoms in total. The number of rotatable bonds is 5. The fourth-order valence-corrected chi connectivity index (χ4v) is 5.00. The third-order valence-electron chi connectivity index (χ3n) is 6.12. The van der Waals surface area contributed by atoms with Crippen LogP contribution >= 0.6 is 11.3 Å². The average molecular weight is 444 g/mol. The van der Waals surface area contributed by atoms with Gasteiger partial charge in [-0.05, 0) is 55.2 Å². The van der Waals surface area contributed by atoms with Gasteiger partial charge >= 0.3 is 0 Å². The quantitative estimate of drug-likeness (QED) is 0.772.